The Morgan fingerprint density at radius 2 is 1.55 bits per heavy atom. The molecule has 3 aromatic rings. The van der Waals surface area contributed by atoms with E-state index >= 15 is 0 Å². The van der Waals surface area contributed by atoms with Crippen molar-refractivity contribution in [2.75, 3.05) is 26.2 Å². The second-order valence-corrected chi connectivity index (χ2v) is 8.74. The van der Waals surface area contributed by atoms with Gasteiger partial charge in [-0.1, -0.05) is 78.3 Å². The maximum absolute atomic E-state index is 13.3. The fourth-order valence-corrected chi connectivity index (χ4v) is 4.40. The number of nitrogens with one attached hydrogen (secondary N) is 1. The number of nitrogens with zero attached hydrogens (tertiary/aromatic N) is 2. The van der Waals surface area contributed by atoms with Crippen LogP contribution in [0, 0.1) is 6.92 Å². The molecule has 0 bridgehead atoms. The summed E-state index contributed by atoms with van der Waals surface area (Å²) in [6.07, 6.45) is 0. The molecule has 1 aliphatic heterocycles. The Labute approximate surface area is 200 Å². The van der Waals surface area contributed by atoms with Crippen LogP contribution in [0.5, 0.6) is 0 Å². The van der Waals surface area contributed by atoms with E-state index < -0.39 is 6.04 Å². The highest BCUT2D eigenvalue weighted by atomic mass is 35.5. The zero-order chi connectivity index (χ0) is 23.2. The smallest absolute Gasteiger partial charge is 0.254 e. The van der Waals surface area contributed by atoms with Gasteiger partial charge >= 0.3 is 0 Å². The molecular formula is C27H28ClN3O2. The van der Waals surface area contributed by atoms with Crippen molar-refractivity contribution in [2.45, 2.75) is 19.5 Å². The molecule has 0 spiro atoms. The molecule has 6 heteroatoms. The van der Waals surface area contributed by atoms with Gasteiger partial charge in [-0.15, -0.1) is 0 Å². The first-order valence-electron chi connectivity index (χ1n) is 11.2. The van der Waals surface area contributed by atoms with Gasteiger partial charge in [-0.2, -0.15) is 0 Å². The summed E-state index contributed by atoms with van der Waals surface area (Å²) in [5, 5.41) is 3.65. The molecule has 33 heavy (non-hydrogen) atoms. The molecule has 1 N–H and O–H groups in total. The number of piperazine rings is 1. The fraction of sp³-hybridized carbons (Fsp3) is 0.259. The van der Waals surface area contributed by atoms with Gasteiger partial charge < -0.3 is 10.2 Å². The largest absolute Gasteiger partial charge is 0.350 e. The van der Waals surface area contributed by atoms with Crippen LogP contribution >= 0.6 is 11.6 Å². The lowest BCUT2D eigenvalue weighted by atomic mass is 10.0. The third kappa shape index (κ3) is 5.62. The van der Waals surface area contributed by atoms with Crippen molar-refractivity contribution in [3.63, 3.8) is 0 Å². The molecule has 2 amide bonds. The molecule has 1 aliphatic rings. The molecule has 0 aliphatic carbocycles. The third-order valence-electron chi connectivity index (χ3n) is 6.07. The van der Waals surface area contributed by atoms with Crippen LogP contribution in [0.15, 0.2) is 78.9 Å². The van der Waals surface area contributed by atoms with Gasteiger partial charge in [0.15, 0.2) is 0 Å². The van der Waals surface area contributed by atoms with E-state index in [9.17, 15) is 9.59 Å². The zero-order valence-electron chi connectivity index (χ0n) is 18.7. The predicted octanol–water partition coefficient (Wildman–Crippen LogP) is 4.46. The van der Waals surface area contributed by atoms with Crippen molar-refractivity contribution in [1.82, 2.24) is 15.1 Å². The molecule has 3 aromatic carbocycles. The Kier molecular flexibility index (Phi) is 7.43. The number of hydrogen-bond donors (Lipinski definition) is 1. The van der Waals surface area contributed by atoms with Gasteiger partial charge in [-0.25, -0.2) is 0 Å². The lowest BCUT2D eigenvalue weighted by molar-refractivity contribution is -0.127. The normalized spacial score (nSPS) is 15.2. The molecule has 0 saturated carbocycles. The second kappa shape index (κ2) is 10.6. The van der Waals surface area contributed by atoms with E-state index in [4.69, 9.17) is 11.6 Å². The van der Waals surface area contributed by atoms with Gasteiger partial charge in [0.2, 0.25) is 5.91 Å². The number of benzene rings is 3. The van der Waals surface area contributed by atoms with Crippen LogP contribution in [0.3, 0.4) is 0 Å². The van der Waals surface area contributed by atoms with Gasteiger partial charge in [0, 0.05) is 43.3 Å². The minimum Gasteiger partial charge on any atom is -0.350 e. The van der Waals surface area contributed by atoms with Crippen LogP contribution in [0.4, 0.5) is 0 Å². The Morgan fingerprint density at radius 3 is 2.21 bits per heavy atom. The minimum atomic E-state index is -0.403. The maximum Gasteiger partial charge on any atom is 0.254 e. The number of hydrogen-bond acceptors (Lipinski definition) is 3. The molecule has 1 saturated heterocycles. The molecule has 0 radical (unpaired) electrons. The lowest BCUT2D eigenvalue weighted by Crippen LogP contribution is -2.52. The highest BCUT2D eigenvalue weighted by Crippen LogP contribution is 2.24. The number of carbonyl (C=O) groups excluding carboxylic acids is 2. The number of aryl methyl sites for hydroxylation is 1. The topological polar surface area (TPSA) is 52.7 Å². The van der Waals surface area contributed by atoms with E-state index in [0.29, 0.717) is 43.3 Å². The summed E-state index contributed by atoms with van der Waals surface area (Å²) >= 11 is 6.12. The van der Waals surface area contributed by atoms with Crippen molar-refractivity contribution < 1.29 is 9.59 Å². The Bertz CT molecular complexity index is 1100. The lowest BCUT2D eigenvalue weighted by Gasteiger charge is -2.39. The molecule has 5 nitrogen and oxygen atoms in total. The first-order chi connectivity index (χ1) is 16.0. The first kappa shape index (κ1) is 23.0. The number of rotatable bonds is 6. The maximum atomic E-state index is 13.3. The number of amides is 2. The monoisotopic (exact) mass is 461 g/mol. The van der Waals surface area contributed by atoms with Gasteiger partial charge in [0.05, 0.1) is 0 Å². The quantitative estimate of drug-likeness (QED) is 0.589. The first-order valence-corrected chi connectivity index (χ1v) is 11.6. The molecule has 1 heterocycles. The van der Waals surface area contributed by atoms with Crippen molar-refractivity contribution in [3.8, 4) is 0 Å². The van der Waals surface area contributed by atoms with Crippen molar-refractivity contribution >= 4 is 23.4 Å². The Morgan fingerprint density at radius 1 is 0.909 bits per heavy atom. The number of carbonyl (C=O) groups is 2. The molecule has 0 aromatic heterocycles. The molecule has 0 unspecified atom stereocenters. The van der Waals surface area contributed by atoms with Crippen LogP contribution in [0.2, 0.25) is 5.02 Å². The van der Waals surface area contributed by atoms with Gasteiger partial charge in [0.1, 0.15) is 6.04 Å². The highest BCUT2D eigenvalue weighted by Gasteiger charge is 2.32. The standard InChI is InChI=1S/C27H28ClN3O2/c1-20-12-13-23(28)18-24(20)27(33)31-16-14-30(15-17-31)25(22-10-6-3-7-11-22)26(32)29-19-21-8-4-2-5-9-21/h2-13,18,25H,14-17,19H2,1H3,(H,29,32)/t25-/m0/s1. The van der Waals surface area contributed by atoms with E-state index in [1.165, 1.54) is 0 Å². The average Bonchev–Trinajstić information content (AvgIpc) is 2.86. The molecule has 1 fully saturated rings. The van der Waals surface area contributed by atoms with Crippen molar-refractivity contribution in [3.05, 3.63) is 106 Å². The Hall–Kier alpha value is -3.15. The molecule has 4 rings (SSSR count). The molecule has 1 atom stereocenters. The minimum absolute atomic E-state index is 0.0144. The Balaban J connectivity index is 1.45. The molecule has 170 valence electrons. The van der Waals surface area contributed by atoms with Crippen molar-refractivity contribution in [1.29, 1.82) is 0 Å². The van der Waals surface area contributed by atoms with Gasteiger partial charge in [0.25, 0.3) is 5.91 Å². The number of halogens is 1. The predicted molar refractivity (Wildman–Crippen MR) is 131 cm³/mol. The fourth-order valence-electron chi connectivity index (χ4n) is 4.22. The van der Waals surface area contributed by atoms with Gasteiger partial charge in [-0.05, 0) is 35.7 Å². The second-order valence-electron chi connectivity index (χ2n) is 8.30. The van der Waals surface area contributed by atoms with Crippen LogP contribution in [0.25, 0.3) is 0 Å². The molecular weight excluding hydrogens is 434 g/mol. The van der Waals surface area contributed by atoms with Crippen LogP contribution < -0.4 is 5.32 Å². The van der Waals surface area contributed by atoms with Gasteiger partial charge in [-0.3, -0.25) is 14.5 Å². The van der Waals surface area contributed by atoms with E-state index in [1.54, 1.807) is 12.1 Å². The summed E-state index contributed by atoms with van der Waals surface area (Å²) in [6, 6.07) is 24.7. The summed E-state index contributed by atoms with van der Waals surface area (Å²) < 4.78 is 0. The zero-order valence-corrected chi connectivity index (χ0v) is 19.5. The van der Waals surface area contributed by atoms with Crippen LogP contribution in [-0.2, 0) is 11.3 Å². The SMILES string of the molecule is Cc1ccc(Cl)cc1C(=O)N1CCN([C@H](C(=O)NCc2ccccc2)c2ccccc2)CC1. The highest BCUT2D eigenvalue weighted by molar-refractivity contribution is 6.31. The van der Waals surface area contributed by atoms with Crippen LogP contribution in [0.1, 0.15) is 33.1 Å². The summed E-state index contributed by atoms with van der Waals surface area (Å²) in [5.74, 6) is -0.0463. The summed E-state index contributed by atoms with van der Waals surface area (Å²) in [6.45, 7) is 4.74. The van der Waals surface area contributed by atoms with E-state index in [0.717, 1.165) is 16.7 Å². The van der Waals surface area contributed by atoms with Crippen molar-refractivity contribution in [2.24, 2.45) is 0 Å². The third-order valence-corrected chi connectivity index (χ3v) is 6.30. The van der Waals surface area contributed by atoms with Crippen LogP contribution in [-0.4, -0.2) is 47.8 Å². The van der Waals surface area contributed by atoms with E-state index in [2.05, 4.69) is 10.2 Å². The van der Waals surface area contributed by atoms with E-state index in [-0.39, 0.29) is 11.8 Å². The summed E-state index contributed by atoms with van der Waals surface area (Å²) in [7, 11) is 0. The van der Waals surface area contributed by atoms with E-state index in [1.807, 2.05) is 78.6 Å². The summed E-state index contributed by atoms with van der Waals surface area (Å²) in [5.41, 5.74) is 3.56. The average molecular weight is 462 g/mol. The summed E-state index contributed by atoms with van der Waals surface area (Å²) in [4.78, 5) is 30.4.